The molecule has 51 heavy (non-hydrogen) atoms. The molecule has 10 rings (SSSR count). The predicted octanol–water partition coefficient (Wildman–Crippen LogP) is 13.5. The summed E-state index contributed by atoms with van der Waals surface area (Å²) in [4.78, 5) is 2.31. The molecule has 3 heteroatoms. The van der Waals surface area contributed by atoms with E-state index in [9.17, 15) is 0 Å². The van der Waals surface area contributed by atoms with Crippen molar-refractivity contribution in [2.24, 2.45) is 0 Å². The molecule has 0 aliphatic rings. The molecular weight excluding hydrogens is 621 g/mol. The van der Waals surface area contributed by atoms with Gasteiger partial charge in [-0.15, -0.1) is 0 Å². The summed E-state index contributed by atoms with van der Waals surface area (Å²) in [6.07, 6.45) is 0. The lowest BCUT2D eigenvalue weighted by molar-refractivity contribution is 0.669. The molecule has 2 heterocycles. The third-order valence-electron chi connectivity index (χ3n) is 9.99. The van der Waals surface area contributed by atoms with E-state index in [0.717, 1.165) is 39.0 Å². The maximum absolute atomic E-state index is 6.15. The third-order valence-corrected chi connectivity index (χ3v) is 9.99. The molecule has 0 saturated heterocycles. The molecule has 0 aliphatic carbocycles. The van der Waals surface area contributed by atoms with Crippen molar-refractivity contribution >= 4 is 60.8 Å². The number of fused-ring (bicyclic) bond motifs is 6. The lowest BCUT2D eigenvalue weighted by atomic mass is 9.97. The second-order valence-corrected chi connectivity index (χ2v) is 13.0. The Morgan fingerprint density at radius 1 is 0.353 bits per heavy atom. The van der Waals surface area contributed by atoms with Gasteiger partial charge in [0.05, 0.1) is 16.7 Å². The zero-order valence-corrected chi connectivity index (χ0v) is 27.8. The van der Waals surface area contributed by atoms with E-state index in [1.54, 1.807) is 0 Å². The Morgan fingerprint density at radius 3 is 1.73 bits per heavy atom. The van der Waals surface area contributed by atoms with Crippen LogP contribution in [-0.2, 0) is 0 Å². The standard InChI is InChI=1S/C48H32N2O/c1-2-15-36(16-3-1)49(38-29-30-48-43(32-38)42-20-7-11-24-47(42)51-48)37-27-25-33(26-28-37)34-13-12-14-35(31-34)39-17-4-8-21-44(39)50-45-22-9-5-18-40(45)41-19-6-10-23-46(41)50/h1-32H. The quantitative estimate of drug-likeness (QED) is 0.178. The predicted molar refractivity (Wildman–Crippen MR) is 214 cm³/mol. The summed E-state index contributed by atoms with van der Waals surface area (Å²) >= 11 is 0. The minimum atomic E-state index is 0.892. The number of hydrogen-bond donors (Lipinski definition) is 0. The normalized spacial score (nSPS) is 11.5. The van der Waals surface area contributed by atoms with Gasteiger partial charge in [-0.2, -0.15) is 0 Å². The van der Waals surface area contributed by atoms with Crippen LogP contribution in [0.5, 0.6) is 0 Å². The Balaban J connectivity index is 1.05. The van der Waals surface area contributed by atoms with E-state index < -0.39 is 0 Å². The van der Waals surface area contributed by atoms with Crippen LogP contribution in [0.2, 0.25) is 0 Å². The van der Waals surface area contributed by atoms with Crippen LogP contribution in [0.15, 0.2) is 199 Å². The molecule has 0 aliphatic heterocycles. The highest BCUT2D eigenvalue weighted by atomic mass is 16.3. The van der Waals surface area contributed by atoms with Gasteiger partial charge >= 0.3 is 0 Å². The number of benzene rings is 8. The lowest BCUT2D eigenvalue weighted by Crippen LogP contribution is -2.09. The average Bonchev–Trinajstić information content (AvgIpc) is 3.74. The molecule has 0 bridgehead atoms. The van der Waals surface area contributed by atoms with Crippen molar-refractivity contribution in [3.63, 3.8) is 0 Å². The van der Waals surface area contributed by atoms with Gasteiger partial charge in [0.1, 0.15) is 11.2 Å². The van der Waals surface area contributed by atoms with Gasteiger partial charge < -0.3 is 13.9 Å². The lowest BCUT2D eigenvalue weighted by Gasteiger charge is -2.25. The van der Waals surface area contributed by atoms with Crippen molar-refractivity contribution < 1.29 is 4.42 Å². The monoisotopic (exact) mass is 652 g/mol. The Kier molecular flexibility index (Phi) is 6.81. The van der Waals surface area contributed by atoms with Crippen molar-refractivity contribution in [1.29, 1.82) is 0 Å². The van der Waals surface area contributed by atoms with E-state index in [1.807, 2.05) is 12.1 Å². The van der Waals surface area contributed by atoms with Gasteiger partial charge in [0.25, 0.3) is 0 Å². The van der Waals surface area contributed by atoms with Gasteiger partial charge in [-0.1, -0.05) is 121 Å². The molecule has 10 aromatic rings. The highest BCUT2D eigenvalue weighted by molar-refractivity contribution is 6.10. The van der Waals surface area contributed by atoms with Crippen molar-refractivity contribution in [3.05, 3.63) is 194 Å². The zero-order valence-electron chi connectivity index (χ0n) is 27.8. The Hall–Kier alpha value is -6.84. The Morgan fingerprint density at radius 2 is 0.941 bits per heavy atom. The summed E-state index contributed by atoms with van der Waals surface area (Å²) in [6.45, 7) is 0. The smallest absolute Gasteiger partial charge is 0.135 e. The molecule has 0 amide bonds. The fourth-order valence-corrected chi connectivity index (χ4v) is 7.64. The van der Waals surface area contributed by atoms with E-state index in [2.05, 4.69) is 191 Å². The SMILES string of the molecule is c1ccc(N(c2ccc(-c3cccc(-c4ccccc4-n4c5ccccc5c5ccccc54)c3)cc2)c2ccc3oc4ccccc4c3c2)cc1. The highest BCUT2D eigenvalue weighted by Crippen LogP contribution is 2.40. The second-order valence-electron chi connectivity index (χ2n) is 13.0. The molecule has 3 nitrogen and oxygen atoms in total. The van der Waals surface area contributed by atoms with Gasteiger partial charge in [-0.3, -0.25) is 0 Å². The first-order chi connectivity index (χ1) is 25.3. The zero-order chi connectivity index (χ0) is 33.7. The first kappa shape index (κ1) is 29.1. The van der Waals surface area contributed by atoms with E-state index in [0.29, 0.717) is 0 Å². The number of furan rings is 1. The van der Waals surface area contributed by atoms with Crippen LogP contribution in [0.4, 0.5) is 17.1 Å². The third kappa shape index (κ3) is 4.90. The minimum absolute atomic E-state index is 0.892. The van der Waals surface area contributed by atoms with Crippen molar-refractivity contribution in [2.45, 2.75) is 0 Å². The van der Waals surface area contributed by atoms with Crippen LogP contribution in [0.1, 0.15) is 0 Å². The largest absolute Gasteiger partial charge is 0.456 e. The van der Waals surface area contributed by atoms with Crippen LogP contribution in [0.25, 0.3) is 71.7 Å². The number of rotatable bonds is 6. The number of nitrogens with zero attached hydrogens (tertiary/aromatic N) is 2. The summed E-state index contributed by atoms with van der Waals surface area (Å²) in [7, 11) is 0. The van der Waals surface area contributed by atoms with Crippen LogP contribution in [-0.4, -0.2) is 4.57 Å². The molecule has 0 unspecified atom stereocenters. The molecule has 2 aromatic heterocycles. The summed E-state index contributed by atoms with van der Waals surface area (Å²) in [5.74, 6) is 0. The molecule has 0 fully saturated rings. The molecule has 0 atom stereocenters. The first-order valence-corrected chi connectivity index (χ1v) is 17.4. The summed E-state index contributed by atoms with van der Waals surface area (Å²) in [5.41, 5.74) is 13.4. The van der Waals surface area contributed by atoms with Gasteiger partial charge in [-0.25, -0.2) is 0 Å². The fraction of sp³-hybridized carbons (Fsp3) is 0. The van der Waals surface area contributed by atoms with Crippen molar-refractivity contribution in [1.82, 2.24) is 4.57 Å². The van der Waals surface area contributed by atoms with Gasteiger partial charge in [0.15, 0.2) is 0 Å². The molecule has 0 N–H and O–H groups in total. The first-order valence-electron chi connectivity index (χ1n) is 17.4. The maximum atomic E-state index is 6.15. The van der Waals surface area contributed by atoms with Gasteiger partial charge in [-0.05, 0) is 89.5 Å². The van der Waals surface area contributed by atoms with Crippen LogP contribution >= 0.6 is 0 Å². The summed E-state index contributed by atoms with van der Waals surface area (Å²) in [6, 6.07) is 69.2. The molecule has 0 spiro atoms. The second kappa shape index (κ2) is 11.9. The van der Waals surface area contributed by atoms with E-state index >= 15 is 0 Å². The number of hydrogen-bond acceptors (Lipinski definition) is 2. The Bertz CT molecular complexity index is 2810. The molecule has 240 valence electrons. The number of aromatic nitrogens is 1. The number of anilines is 3. The van der Waals surface area contributed by atoms with E-state index in [1.165, 1.54) is 49.7 Å². The van der Waals surface area contributed by atoms with Crippen molar-refractivity contribution in [2.75, 3.05) is 4.90 Å². The highest BCUT2D eigenvalue weighted by Gasteiger charge is 2.17. The molecular formula is C48H32N2O. The van der Waals surface area contributed by atoms with E-state index in [4.69, 9.17) is 4.42 Å². The maximum Gasteiger partial charge on any atom is 0.135 e. The molecule has 8 aromatic carbocycles. The van der Waals surface area contributed by atoms with Crippen LogP contribution < -0.4 is 4.90 Å². The van der Waals surface area contributed by atoms with Crippen LogP contribution in [0.3, 0.4) is 0 Å². The Labute approximate surface area is 295 Å². The fourth-order valence-electron chi connectivity index (χ4n) is 7.64. The molecule has 0 saturated carbocycles. The van der Waals surface area contributed by atoms with Crippen LogP contribution in [0, 0.1) is 0 Å². The molecule has 0 radical (unpaired) electrons. The van der Waals surface area contributed by atoms with Gasteiger partial charge in [0, 0.05) is 44.2 Å². The average molecular weight is 653 g/mol. The van der Waals surface area contributed by atoms with Crippen molar-refractivity contribution in [3.8, 4) is 27.9 Å². The van der Waals surface area contributed by atoms with Gasteiger partial charge in [0.2, 0.25) is 0 Å². The summed E-state index contributed by atoms with van der Waals surface area (Å²) in [5, 5.41) is 4.76. The minimum Gasteiger partial charge on any atom is -0.456 e. The number of para-hydroxylation sites is 5. The summed E-state index contributed by atoms with van der Waals surface area (Å²) < 4.78 is 8.56. The topological polar surface area (TPSA) is 21.3 Å². The van der Waals surface area contributed by atoms with E-state index in [-0.39, 0.29) is 0 Å².